The van der Waals surface area contributed by atoms with Gasteiger partial charge in [0, 0.05) is 38.6 Å². The Balaban J connectivity index is 1.60. The van der Waals surface area contributed by atoms with E-state index in [4.69, 9.17) is 9.47 Å². The molecule has 1 atom stereocenters. The smallest absolute Gasteiger partial charge is 0.252 e. The van der Waals surface area contributed by atoms with Crippen LogP contribution in [0.1, 0.15) is 29.5 Å². The largest absolute Gasteiger partial charge is 0.375 e. The zero-order chi connectivity index (χ0) is 16.9. The summed E-state index contributed by atoms with van der Waals surface area (Å²) in [6, 6.07) is 0. The zero-order valence-corrected chi connectivity index (χ0v) is 14.7. The Morgan fingerprint density at radius 3 is 3.08 bits per heavy atom. The van der Waals surface area contributed by atoms with Crippen LogP contribution < -0.4 is 0 Å². The monoisotopic (exact) mass is 333 g/mol. The molecule has 3 heterocycles. The summed E-state index contributed by atoms with van der Waals surface area (Å²) in [6.45, 7) is 4.29. The van der Waals surface area contributed by atoms with Crippen molar-refractivity contribution in [1.82, 2.24) is 14.8 Å². The molecule has 0 saturated carbocycles. The second-order valence-electron chi connectivity index (χ2n) is 6.80. The maximum Gasteiger partial charge on any atom is 0.252 e. The van der Waals surface area contributed by atoms with Gasteiger partial charge in [-0.05, 0) is 50.0 Å². The molecule has 6 nitrogen and oxygen atoms in total. The molecule has 2 aliphatic rings. The van der Waals surface area contributed by atoms with Gasteiger partial charge in [-0.15, -0.1) is 0 Å². The van der Waals surface area contributed by atoms with Crippen LogP contribution in [0.3, 0.4) is 0 Å². The van der Waals surface area contributed by atoms with E-state index in [2.05, 4.69) is 9.88 Å². The van der Waals surface area contributed by atoms with Crippen LogP contribution in [0.15, 0.2) is 12.4 Å². The number of likely N-dealkylation sites (N-methyl/N-ethyl adjacent to an activating group) is 1. The predicted octanol–water partition coefficient (Wildman–Crippen LogP) is 1.22. The molecule has 1 aromatic heterocycles. The number of hydrogen-bond donors (Lipinski definition) is 0. The molecule has 0 radical (unpaired) electrons. The number of amides is 1. The molecule has 0 spiro atoms. The lowest BCUT2D eigenvalue weighted by molar-refractivity contribution is -0.141. The topological polar surface area (TPSA) is 54.9 Å². The zero-order valence-electron chi connectivity index (χ0n) is 14.7. The van der Waals surface area contributed by atoms with E-state index in [1.807, 2.05) is 31.4 Å². The van der Waals surface area contributed by atoms with E-state index in [9.17, 15) is 4.79 Å². The third kappa shape index (κ3) is 4.12. The van der Waals surface area contributed by atoms with Gasteiger partial charge in [-0.25, -0.2) is 0 Å². The first-order chi connectivity index (χ1) is 11.6. The van der Waals surface area contributed by atoms with Crippen molar-refractivity contribution in [3.8, 4) is 0 Å². The van der Waals surface area contributed by atoms with Crippen LogP contribution in [0, 0.1) is 0 Å². The fourth-order valence-electron chi connectivity index (χ4n) is 3.29. The number of aromatic nitrogens is 1. The standard InChI is InChI=1S/C18H27N3O3/c1-20(2)7-9-23-13-15-11-19-10-14-12-21(6-5-16(14)15)18(22)17-4-3-8-24-17/h10-11,17H,3-9,12-13H2,1-2H3/t17-/m1/s1. The molecule has 6 heteroatoms. The number of carbonyl (C=O) groups excluding carboxylic acids is 1. The molecule has 0 aliphatic carbocycles. The maximum absolute atomic E-state index is 12.5. The molecular formula is C18H27N3O3. The van der Waals surface area contributed by atoms with Crippen LogP contribution in [0.2, 0.25) is 0 Å². The summed E-state index contributed by atoms with van der Waals surface area (Å²) in [7, 11) is 4.07. The maximum atomic E-state index is 12.5. The Morgan fingerprint density at radius 1 is 1.46 bits per heavy atom. The molecule has 1 amide bonds. The quantitative estimate of drug-likeness (QED) is 0.733. The van der Waals surface area contributed by atoms with Gasteiger partial charge in [-0.1, -0.05) is 0 Å². The number of pyridine rings is 1. The number of nitrogens with zero attached hydrogens (tertiary/aromatic N) is 3. The Bertz CT molecular complexity index is 571. The minimum absolute atomic E-state index is 0.130. The minimum atomic E-state index is -0.239. The minimum Gasteiger partial charge on any atom is -0.375 e. The summed E-state index contributed by atoms with van der Waals surface area (Å²) in [5.41, 5.74) is 3.59. The molecule has 0 bridgehead atoms. The van der Waals surface area contributed by atoms with Crippen molar-refractivity contribution >= 4 is 5.91 Å². The first-order valence-corrected chi connectivity index (χ1v) is 8.72. The summed E-state index contributed by atoms with van der Waals surface area (Å²) in [5, 5.41) is 0. The van der Waals surface area contributed by atoms with Crippen molar-refractivity contribution in [2.24, 2.45) is 0 Å². The Kier molecular flexibility index (Phi) is 5.81. The molecular weight excluding hydrogens is 306 g/mol. The highest BCUT2D eigenvalue weighted by Crippen LogP contribution is 2.24. The average Bonchev–Trinajstić information content (AvgIpc) is 3.12. The number of ether oxygens (including phenoxy) is 2. The van der Waals surface area contributed by atoms with Crippen molar-refractivity contribution in [2.45, 2.75) is 38.5 Å². The van der Waals surface area contributed by atoms with Gasteiger partial charge in [0.1, 0.15) is 6.10 Å². The second-order valence-corrected chi connectivity index (χ2v) is 6.80. The fraction of sp³-hybridized carbons (Fsp3) is 0.667. The number of rotatable bonds is 6. The molecule has 132 valence electrons. The SMILES string of the molecule is CN(C)CCOCc1cncc2c1CCN(C(=O)[C@H]1CCCO1)C2. The summed E-state index contributed by atoms with van der Waals surface area (Å²) in [5.74, 6) is 0.130. The third-order valence-electron chi connectivity index (χ3n) is 4.69. The van der Waals surface area contributed by atoms with Crippen LogP contribution in [0.4, 0.5) is 0 Å². The van der Waals surface area contributed by atoms with E-state index in [0.717, 1.165) is 43.5 Å². The molecule has 0 aromatic carbocycles. The first kappa shape index (κ1) is 17.3. The third-order valence-corrected chi connectivity index (χ3v) is 4.69. The van der Waals surface area contributed by atoms with E-state index in [1.54, 1.807) is 0 Å². The van der Waals surface area contributed by atoms with Crippen LogP contribution in [0.5, 0.6) is 0 Å². The Morgan fingerprint density at radius 2 is 2.33 bits per heavy atom. The van der Waals surface area contributed by atoms with Gasteiger partial charge in [-0.2, -0.15) is 0 Å². The normalized spacial score (nSPS) is 20.5. The second kappa shape index (κ2) is 8.05. The van der Waals surface area contributed by atoms with Gasteiger partial charge in [0.05, 0.1) is 13.2 Å². The lowest BCUT2D eigenvalue weighted by Gasteiger charge is -2.31. The van der Waals surface area contributed by atoms with Crippen molar-refractivity contribution in [2.75, 3.05) is 40.4 Å². The predicted molar refractivity (Wildman–Crippen MR) is 90.5 cm³/mol. The lowest BCUT2D eigenvalue weighted by Crippen LogP contribution is -2.42. The lowest BCUT2D eigenvalue weighted by atomic mass is 9.97. The van der Waals surface area contributed by atoms with Crippen LogP contribution in [-0.2, 0) is 33.8 Å². The summed E-state index contributed by atoms with van der Waals surface area (Å²) < 4.78 is 11.3. The molecule has 0 unspecified atom stereocenters. The van der Waals surface area contributed by atoms with Gasteiger partial charge < -0.3 is 19.3 Å². The van der Waals surface area contributed by atoms with Gasteiger partial charge in [0.15, 0.2) is 0 Å². The van der Waals surface area contributed by atoms with Gasteiger partial charge in [0.2, 0.25) is 0 Å². The van der Waals surface area contributed by atoms with E-state index in [0.29, 0.717) is 26.4 Å². The molecule has 3 rings (SSSR count). The molecule has 1 fully saturated rings. The molecule has 0 N–H and O–H groups in total. The van der Waals surface area contributed by atoms with Crippen molar-refractivity contribution < 1.29 is 14.3 Å². The molecule has 1 saturated heterocycles. The Hall–Kier alpha value is -1.50. The number of carbonyl (C=O) groups is 1. The number of fused-ring (bicyclic) bond motifs is 1. The van der Waals surface area contributed by atoms with E-state index in [1.165, 1.54) is 5.56 Å². The van der Waals surface area contributed by atoms with Crippen molar-refractivity contribution in [3.63, 3.8) is 0 Å². The van der Waals surface area contributed by atoms with Gasteiger partial charge >= 0.3 is 0 Å². The van der Waals surface area contributed by atoms with Crippen LogP contribution in [-0.4, -0.2) is 67.2 Å². The van der Waals surface area contributed by atoms with E-state index < -0.39 is 0 Å². The van der Waals surface area contributed by atoms with Crippen LogP contribution in [0.25, 0.3) is 0 Å². The van der Waals surface area contributed by atoms with Crippen molar-refractivity contribution in [3.05, 3.63) is 29.1 Å². The fourth-order valence-corrected chi connectivity index (χ4v) is 3.29. The van der Waals surface area contributed by atoms with Crippen LogP contribution >= 0.6 is 0 Å². The van der Waals surface area contributed by atoms with Crippen molar-refractivity contribution in [1.29, 1.82) is 0 Å². The summed E-state index contributed by atoms with van der Waals surface area (Å²) in [4.78, 5) is 20.9. The molecule has 2 aliphatic heterocycles. The van der Waals surface area contributed by atoms with E-state index in [-0.39, 0.29) is 12.0 Å². The van der Waals surface area contributed by atoms with Gasteiger partial charge in [-0.3, -0.25) is 9.78 Å². The molecule has 24 heavy (non-hydrogen) atoms. The Labute approximate surface area is 143 Å². The van der Waals surface area contributed by atoms with E-state index >= 15 is 0 Å². The number of hydrogen-bond acceptors (Lipinski definition) is 5. The summed E-state index contributed by atoms with van der Waals surface area (Å²) >= 11 is 0. The van der Waals surface area contributed by atoms with Gasteiger partial charge in [0.25, 0.3) is 5.91 Å². The highest BCUT2D eigenvalue weighted by molar-refractivity contribution is 5.81. The molecule has 1 aromatic rings. The highest BCUT2D eigenvalue weighted by atomic mass is 16.5. The highest BCUT2D eigenvalue weighted by Gasteiger charge is 2.30. The average molecular weight is 333 g/mol. The first-order valence-electron chi connectivity index (χ1n) is 8.72. The summed E-state index contributed by atoms with van der Waals surface area (Å²) in [6.07, 6.45) is 6.23.